The molecule has 0 unspecified atom stereocenters. The molecule has 0 radical (unpaired) electrons. The minimum atomic E-state index is -0.513. The van der Waals surface area contributed by atoms with Gasteiger partial charge in [-0.15, -0.1) is 0 Å². The maximum Gasteiger partial charge on any atom is 0.235 e. The van der Waals surface area contributed by atoms with E-state index in [1.807, 2.05) is 36.4 Å². The van der Waals surface area contributed by atoms with E-state index in [1.54, 1.807) is 0 Å². The topological polar surface area (TPSA) is 140 Å². The second-order valence-electron chi connectivity index (χ2n) is 9.69. The first kappa shape index (κ1) is 22.1. The number of fused-ring (bicyclic) bond motifs is 2. The summed E-state index contributed by atoms with van der Waals surface area (Å²) in [4.78, 5) is 16.8. The largest absolute Gasteiger partial charge is 0.454 e. The Bertz CT molecular complexity index is 1270. The highest BCUT2D eigenvalue weighted by molar-refractivity contribution is 6.02. The van der Waals surface area contributed by atoms with Crippen LogP contribution in [0.3, 0.4) is 0 Å². The number of aromatic amines is 1. The zero-order valence-electron chi connectivity index (χ0n) is 19.4. The summed E-state index contributed by atoms with van der Waals surface area (Å²) in [6, 6.07) is 13.8. The molecular formula is C25H30N6O3. The minimum Gasteiger partial charge on any atom is -0.454 e. The number of benzene rings is 2. The average molecular weight is 463 g/mol. The summed E-state index contributed by atoms with van der Waals surface area (Å²) in [6.45, 7) is 4.54. The number of amidine groups is 1. The zero-order chi connectivity index (χ0) is 23.9. The second-order valence-corrected chi connectivity index (χ2v) is 9.69. The van der Waals surface area contributed by atoms with Gasteiger partial charge in [-0.3, -0.25) is 4.79 Å². The van der Waals surface area contributed by atoms with Crippen LogP contribution in [-0.4, -0.2) is 23.5 Å². The molecule has 2 heterocycles. The van der Waals surface area contributed by atoms with Crippen molar-refractivity contribution in [1.29, 1.82) is 0 Å². The molecule has 1 amide bonds. The number of carbonyl (C=O) groups is 1. The third kappa shape index (κ3) is 3.92. The quantitative estimate of drug-likeness (QED) is 0.158. The monoisotopic (exact) mass is 462 g/mol. The molecule has 7 N–H and O–H groups in total. The van der Waals surface area contributed by atoms with Gasteiger partial charge in [-0.1, -0.05) is 19.9 Å². The highest BCUT2D eigenvalue weighted by Gasteiger charge is 2.51. The molecule has 2 aromatic carbocycles. The molecule has 1 aromatic heterocycles. The van der Waals surface area contributed by atoms with Crippen molar-refractivity contribution in [3.63, 3.8) is 0 Å². The fraction of sp³-hybridized carbons (Fsp3) is 0.360. The maximum absolute atomic E-state index is 13.3. The van der Waals surface area contributed by atoms with E-state index < -0.39 is 5.41 Å². The molecule has 0 spiro atoms. The average Bonchev–Trinajstić information content (AvgIpc) is 3.31. The molecule has 1 aliphatic carbocycles. The maximum atomic E-state index is 13.3. The van der Waals surface area contributed by atoms with Crippen molar-refractivity contribution in [1.82, 2.24) is 10.4 Å². The molecule has 1 fully saturated rings. The summed E-state index contributed by atoms with van der Waals surface area (Å²) in [7, 11) is 0. The Morgan fingerprint density at radius 3 is 2.68 bits per heavy atom. The van der Waals surface area contributed by atoms with E-state index in [-0.39, 0.29) is 18.1 Å². The van der Waals surface area contributed by atoms with Crippen molar-refractivity contribution < 1.29 is 14.3 Å². The van der Waals surface area contributed by atoms with Gasteiger partial charge in [-0.2, -0.15) is 5.10 Å². The molecule has 34 heavy (non-hydrogen) atoms. The predicted molar refractivity (Wildman–Crippen MR) is 132 cm³/mol. The minimum absolute atomic E-state index is 0.00434. The molecular weight excluding hydrogens is 432 g/mol. The Kier molecular flexibility index (Phi) is 5.36. The lowest BCUT2D eigenvalue weighted by molar-refractivity contribution is -0.118. The van der Waals surface area contributed by atoms with E-state index in [0.717, 1.165) is 52.9 Å². The Morgan fingerprint density at radius 2 is 1.94 bits per heavy atom. The number of hydrazone groups is 1. The second kappa shape index (κ2) is 8.25. The van der Waals surface area contributed by atoms with Crippen LogP contribution in [0, 0.1) is 0 Å². The van der Waals surface area contributed by atoms with Crippen LogP contribution in [-0.2, 0) is 15.6 Å². The SMILES string of the molecule is CC(C)(CC/C(=N/N)NN)c1cc2cc(NC(=O)C3(c4ccc5c(c4)OCO5)CC3)ccc2[nH]1. The number of hydrogen-bond acceptors (Lipinski definition) is 6. The molecule has 1 saturated carbocycles. The number of hydrogen-bond donors (Lipinski definition) is 5. The highest BCUT2D eigenvalue weighted by Crippen LogP contribution is 2.51. The smallest absolute Gasteiger partial charge is 0.235 e. The van der Waals surface area contributed by atoms with Gasteiger partial charge in [0.15, 0.2) is 11.5 Å². The third-order valence-electron chi connectivity index (χ3n) is 7.03. The molecule has 0 atom stereocenters. The molecule has 9 heteroatoms. The lowest BCUT2D eigenvalue weighted by Crippen LogP contribution is -2.32. The van der Waals surface area contributed by atoms with Crippen LogP contribution in [0.15, 0.2) is 47.6 Å². The number of carbonyl (C=O) groups excluding carboxylic acids is 1. The number of H-pyrrole nitrogens is 1. The van der Waals surface area contributed by atoms with Gasteiger partial charge in [0.2, 0.25) is 12.7 Å². The lowest BCUT2D eigenvalue weighted by atomic mass is 9.84. The number of nitrogens with two attached hydrogens (primary N) is 2. The predicted octanol–water partition coefficient (Wildman–Crippen LogP) is 3.36. The van der Waals surface area contributed by atoms with E-state index in [2.05, 4.69) is 40.7 Å². The Labute approximate surface area is 197 Å². The summed E-state index contributed by atoms with van der Waals surface area (Å²) in [5, 5.41) is 7.84. The number of ether oxygens (including phenoxy) is 2. The van der Waals surface area contributed by atoms with Crippen LogP contribution < -0.4 is 31.9 Å². The van der Waals surface area contributed by atoms with Gasteiger partial charge < -0.3 is 31.0 Å². The van der Waals surface area contributed by atoms with E-state index in [1.165, 1.54) is 0 Å². The van der Waals surface area contributed by atoms with Gasteiger partial charge in [-0.05, 0) is 61.2 Å². The van der Waals surface area contributed by atoms with Gasteiger partial charge in [-0.25, -0.2) is 5.84 Å². The van der Waals surface area contributed by atoms with E-state index in [4.69, 9.17) is 21.2 Å². The van der Waals surface area contributed by atoms with Crippen molar-refractivity contribution in [2.24, 2.45) is 16.8 Å². The Hall–Kier alpha value is -3.72. The van der Waals surface area contributed by atoms with Crippen LogP contribution >= 0.6 is 0 Å². The van der Waals surface area contributed by atoms with Crippen LogP contribution in [0.5, 0.6) is 11.5 Å². The number of nitrogens with one attached hydrogen (secondary N) is 3. The summed E-state index contributed by atoms with van der Waals surface area (Å²) in [5.41, 5.74) is 5.72. The normalized spacial score (nSPS) is 16.5. The summed E-state index contributed by atoms with van der Waals surface area (Å²) in [6.07, 6.45) is 3.07. The third-order valence-corrected chi connectivity index (χ3v) is 7.03. The van der Waals surface area contributed by atoms with E-state index >= 15 is 0 Å². The van der Waals surface area contributed by atoms with Crippen LogP contribution in [0.1, 0.15) is 50.8 Å². The van der Waals surface area contributed by atoms with Crippen molar-refractivity contribution in [2.75, 3.05) is 12.1 Å². The first-order valence-corrected chi connectivity index (χ1v) is 11.4. The first-order chi connectivity index (χ1) is 16.3. The fourth-order valence-electron chi connectivity index (χ4n) is 4.53. The molecule has 0 saturated heterocycles. The highest BCUT2D eigenvalue weighted by atomic mass is 16.7. The molecule has 5 rings (SSSR count). The van der Waals surface area contributed by atoms with Crippen molar-refractivity contribution in [2.45, 2.75) is 50.4 Å². The molecule has 9 nitrogen and oxygen atoms in total. The molecule has 2 aliphatic rings. The van der Waals surface area contributed by atoms with Gasteiger partial charge in [0.05, 0.1) is 5.41 Å². The van der Waals surface area contributed by atoms with Gasteiger partial charge in [0.25, 0.3) is 0 Å². The number of amides is 1. The first-order valence-electron chi connectivity index (χ1n) is 11.4. The zero-order valence-corrected chi connectivity index (χ0v) is 19.4. The van der Waals surface area contributed by atoms with E-state index in [9.17, 15) is 4.79 Å². The molecule has 0 bridgehead atoms. The molecule has 3 aromatic rings. The van der Waals surface area contributed by atoms with Crippen molar-refractivity contribution in [3.8, 4) is 11.5 Å². The molecule has 178 valence electrons. The van der Waals surface area contributed by atoms with Crippen molar-refractivity contribution >= 4 is 28.3 Å². The van der Waals surface area contributed by atoms with Crippen LogP contribution in [0.25, 0.3) is 10.9 Å². The summed E-state index contributed by atoms with van der Waals surface area (Å²) in [5.74, 6) is 12.8. The number of aromatic nitrogens is 1. The fourth-order valence-corrected chi connectivity index (χ4v) is 4.53. The molecule has 1 aliphatic heterocycles. The van der Waals surface area contributed by atoms with Crippen LogP contribution in [0.2, 0.25) is 0 Å². The van der Waals surface area contributed by atoms with Crippen LogP contribution in [0.4, 0.5) is 5.69 Å². The lowest BCUT2D eigenvalue weighted by Gasteiger charge is -2.23. The van der Waals surface area contributed by atoms with Gasteiger partial charge >= 0.3 is 0 Å². The standard InChI is InChI=1S/C25H30N6O3/c1-24(2,8-7-22(30-26)31-27)21-12-15-11-17(4-5-18(15)29-21)28-23(32)25(9-10-25)16-3-6-19-20(13-16)34-14-33-19/h3-6,11-13,29H,7-10,14,26-27H2,1-2H3,(H,28,32)(H,30,31). The number of rotatable bonds is 7. The van der Waals surface area contributed by atoms with E-state index in [0.29, 0.717) is 18.0 Å². The van der Waals surface area contributed by atoms with Gasteiger partial charge in [0.1, 0.15) is 5.84 Å². The Balaban J connectivity index is 1.32. The summed E-state index contributed by atoms with van der Waals surface area (Å²) < 4.78 is 10.9. The summed E-state index contributed by atoms with van der Waals surface area (Å²) >= 11 is 0. The Morgan fingerprint density at radius 1 is 1.15 bits per heavy atom. The number of anilines is 1. The number of hydrazine groups is 1. The number of nitrogens with zero attached hydrogens (tertiary/aromatic N) is 1. The van der Waals surface area contributed by atoms with Gasteiger partial charge in [0, 0.05) is 34.1 Å². The van der Waals surface area contributed by atoms with Crippen molar-refractivity contribution in [3.05, 3.63) is 53.7 Å².